The molecule has 104 valence electrons. The van der Waals surface area contributed by atoms with Crippen LogP contribution in [0.2, 0.25) is 0 Å². The van der Waals surface area contributed by atoms with Gasteiger partial charge in [0, 0.05) is 16.9 Å². The number of rotatable bonds is 1. The predicted octanol–water partition coefficient (Wildman–Crippen LogP) is 3.19. The Balaban J connectivity index is 1.83. The molecule has 0 radical (unpaired) electrons. The fraction of sp³-hybridized carbons (Fsp3) is 1.00. The summed E-state index contributed by atoms with van der Waals surface area (Å²) in [6.07, 6.45) is 10.6. The molecular weight excluding hydrogens is 222 g/mol. The highest BCUT2D eigenvalue weighted by atomic mass is 16.3. The molecule has 2 heteroatoms. The van der Waals surface area contributed by atoms with Crippen LogP contribution < -0.4 is 0 Å². The fourth-order valence-corrected chi connectivity index (χ4v) is 5.45. The van der Waals surface area contributed by atoms with Crippen LogP contribution in [-0.4, -0.2) is 35.2 Å². The Kier molecular flexibility index (Phi) is 3.22. The van der Waals surface area contributed by atoms with Crippen molar-refractivity contribution in [3.63, 3.8) is 0 Å². The second-order valence-corrected chi connectivity index (χ2v) is 7.52. The minimum atomic E-state index is -0.0720. The lowest BCUT2D eigenvalue weighted by Gasteiger charge is -2.69. The molecule has 0 amide bonds. The molecule has 1 spiro atoms. The van der Waals surface area contributed by atoms with Gasteiger partial charge in [-0.25, -0.2) is 0 Å². The maximum absolute atomic E-state index is 10.7. The van der Waals surface area contributed by atoms with Crippen molar-refractivity contribution in [2.45, 2.75) is 77.4 Å². The number of nitrogens with zero attached hydrogens (tertiary/aromatic N) is 1. The molecular formula is C16H29NO. The molecule has 3 aliphatic rings. The zero-order valence-corrected chi connectivity index (χ0v) is 12.1. The molecule has 2 unspecified atom stereocenters. The average Bonchev–Trinajstić information content (AvgIpc) is 2.40. The van der Waals surface area contributed by atoms with Gasteiger partial charge in [-0.1, -0.05) is 39.5 Å². The first kappa shape index (κ1) is 12.9. The van der Waals surface area contributed by atoms with E-state index in [4.69, 9.17) is 0 Å². The summed E-state index contributed by atoms with van der Waals surface area (Å²) in [6.45, 7) is 7.11. The molecule has 1 saturated heterocycles. The highest BCUT2D eigenvalue weighted by molar-refractivity contribution is 5.18. The van der Waals surface area contributed by atoms with E-state index in [-0.39, 0.29) is 16.9 Å². The van der Waals surface area contributed by atoms with Crippen LogP contribution in [0.15, 0.2) is 0 Å². The maximum atomic E-state index is 10.7. The molecule has 3 fully saturated rings. The van der Waals surface area contributed by atoms with Gasteiger partial charge in [-0.05, 0) is 38.8 Å². The predicted molar refractivity (Wildman–Crippen MR) is 74.5 cm³/mol. The Hall–Kier alpha value is -0.0800. The van der Waals surface area contributed by atoms with Crippen LogP contribution >= 0.6 is 0 Å². The first-order valence-electron chi connectivity index (χ1n) is 8.01. The number of likely N-dealkylation sites (tertiary alicyclic amines) is 1. The van der Waals surface area contributed by atoms with E-state index in [0.29, 0.717) is 6.04 Å². The summed E-state index contributed by atoms with van der Waals surface area (Å²) in [5, 5.41) is 10.7. The largest absolute Gasteiger partial charge is 0.392 e. The average molecular weight is 251 g/mol. The van der Waals surface area contributed by atoms with Crippen LogP contribution in [0, 0.1) is 10.8 Å². The van der Waals surface area contributed by atoms with Gasteiger partial charge in [-0.15, -0.1) is 0 Å². The molecule has 0 bridgehead atoms. The summed E-state index contributed by atoms with van der Waals surface area (Å²) in [7, 11) is 0. The SMILES string of the molecule is CC1(C)C(O)C2(CCCCC2)C1N1CCCCC1. The summed E-state index contributed by atoms with van der Waals surface area (Å²) in [5.41, 5.74) is 0.355. The normalized spacial score (nSPS) is 39.5. The molecule has 1 heterocycles. The van der Waals surface area contributed by atoms with Crippen LogP contribution in [0.3, 0.4) is 0 Å². The second kappa shape index (κ2) is 4.49. The lowest BCUT2D eigenvalue weighted by molar-refractivity contribution is -0.251. The zero-order chi connectivity index (χ0) is 12.8. The fourth-order valence-electron chi connectivity index (χ4n) is 5.45. The van der Waals surface area contributed by atoms with Crippen molar-refractivity contribution in [2.75, 3.05) is 13.1 Å². The topological polar surface area (TPSA) is 23.5 Å². The third kappa shape index (κ3) is 1.68. The van der Waals surface area contributed by atoms with Gasteiger partial charge >= 0.3 is 0 Å². The summed E-state index contributed by atoms with van der Waals surface area (Å²) in [6, 6.07) is 0.639. The van der Waals surface area contributed by atoms with Gasteiger partial charge in [0.15, 0.2) is 0 Å². The van der Waals surface area contributed by atoms with Crippen molar-refractivity contribution in [3.8, 4) is 0 Å². The minimum Gasteiger partial charge on any atom is -0.392 e. The summed E-state index contributed by atoms with van der Waals surface area (Å²) in [4.78, 5) is 2.72. The minimum absolute atomic E-state index is 0.0720. The van der Waals surface area contributed by atoms with E-state index >= 15 is 0 Å². The van der Waals surface area contributed by atoms with Gasteiger partial charge in [0.25, 0.3) is 0 Å². The van der Waals surface area contributed by atoms with E-state index in [9.17, 15) is 5.11 Å². The van der Waals surface area contributed by atoms with Crippen molar-refractivity contribution in [1.82, 2.24) is 4.90 Å². The van der Waals surface area contributed by atoms with E-state index < -0.39 is 0 Å². The summed E-state index contributed by atoms with van der Waals surface area (Å²) < 4.78 is 0. The lowest BCUT2D eigenvalue weighted by Crippen LogP contribution is -2.75. The van der Waals surface area contributed by atoms with Gasteiger partial charge < -0.3 is 5.11 Å². The Morgan fingerprint density at radius 1 is 0.889 bits per heavy atom. The van der Waals surface area contributed by atoms with Gasteiger partial charge in [0.2, 0.25) is 0 Å². The number of aliphatic hydroxyl groups is 1. The number of piperidine rings is 1. The Morgan fingerprint density at radius 2 is 1.44 bits per heavy atom. The van der Waals surface area contributed by atoms with Gasteiger partial charge in [0.05, 0.1) is 6.10 Å². The van der Waals surface area contributed by atoms with Crippen molar-refractivity contribution in [3.05, 3.63) is 0 Å². The third-order valence-corrected chi connectivity index (χ3v) is 6.04. The van der Waals surface area contributed by atoms with Crippen LogP contribution in [0.4, 0.5) is 0 Å². The number of aliphatic hydroxyl groups excluding tert-OH is 1. The van der Waals surface area contributed by atoms with E-state index in [2.05, 4.69) is 18.7 Å². The summed E-state index contributed by atoms with van der Waals surface area (Å²) >= 11 is 0. The number of hydrogen-bond donors (Lipinski definition) is 1. The quantitative estimate of drug-likeness (QED) is 0.773. The van der Waals surface area contributed by atoms with Crippen molar-refractivity contribution >= 4 is 0 Å². The second-order valence-electron chi connectivity index (χ2n) is 7.52. The molecule has 3 rings (SSSR count). The Morgan fingerprint density at radius 3 is 2.06 bits per heavy atom. The van der Waals surface area contributed by atoms with Crippen LogP contribution in [0.5, 0.6) is 0 Å². The molecule has 2 nitrogen and oxygen atoms in total. The van der Waals surface area contributed by atoms with Crippen LogP contribution in [-0.2, 0) is 0 Å². The van der Waals surface area contributed by atoms with Crippen LogP contribution in [0.1, 0.15) is 65.2 Å². The zero-order valence-electron chi connectivity index (χ0n) is 12.1. The van der Waals surface area contributed by atoms with Crippen LogP contribution in [0.25, 0.3) is 0 Å². The molecule has 18 heavy (non-hydrogen) atoms. The third-order valence-electron chi connectivity index (χ3n) is 6.04. The van der Waals surface area contributed by atoms with E-state index in [1.54, 1.807) is 0 Å². The number of hydrogen-bond acceptors (Lipinski definition) is 2. The van der Waals surface area contributed by atoms with E-state index in [1.807, 2.05) is 0 Å². The Bertz CT molecular complexity index is 300. The van der Waals surface area contributed by atoms with Gasteiger partial charge in [0.1, 0.15) is 0 Å². The van der Waals surface area contributed by atoms with Crippen molar-refractivity contribution in [1.29, 1.82) is 0 Å². The van der Waals surface area contributed by atoms with Gasteiger partial charge in [-0.3, -0.25) is 4.90 Å². The molecule has 1 aliphatic heterocycles. The molecule has 2 atom stereocenters. The first-order chi connectivity index (χ1) is 8.59. The lowest BCUT2D eigenvalue weighted by atomic mass is 9.43. The molecule has 0 aromatic rings. The van der Waals surface area contributed by atoms with E-state index in [0.717, 1.165) is 0 Å². The summed E-state index contributed by atoms with van der Waals surface area (Å²) in [5.74, 6) is 0. The molecule has 1 N–H and O–H groups in total. The van der Waals surface area contributed by atoms with E-state index in [1.165, 1.54) is 64.5 Å². The van der Waals surface area contributed by atoms with Crippen molar-refractivity contribution < 1.29 is 5.11 Å². The molecule has 2 saturated carbocycles. The van der Waals surface area contributed by atoms with Gasteiger partial charge in [-0.2, -0.15) is 0 Å². The smallest absolute Gasteiger partial charge is 0.0677 e. The molecule has 0 aromatic heterocycles. The highest BCUT2D eigenvalue weighted by Gasteiger charge is 2.67. The molecule has 0 aromatic carbocycles. The standard InChI is InChI=1S/C16H29NO/c1-15(2)13(17-11-7-4-8-12-17)16(14(15)18)9-5-3-6-10-16/h13-14,18H,3-12H2,1-2H3. The first-order valence-corrected chi connectivity index (χ1v) is 8.01. The highest BCUT2D eigenvalue weighted by Crippen LogP contribution is 2.62. The monoisotopic (exact) mass is 251 g/mol. The molecule has 2 aliphatic carbocycles. The Labute approximate surface area is 112 Å². The maximum Gasteiger partial charge on any atom is 0.0677 e. The van der Waals surface area contributed by atoms with Crippen molar-refractivity contribution in [2.24, 2.45) is 10.8 Å².